The fourth-order valence-corrected chi connectivity index (χ4v) is 4.33. The summed E-state index contributed by atoms with van der Waals surface area (Å²) in [5.74, 6) is 1.91. The second kappa shape index (κ2) is 12.2. The first-order valence-electron chi connectivity index (χ1n) is 12.2. The van der Waals surface area contributed by atoms with Crippen LogP contribution in [-0.4, -0.2) is 57.4 Å². The number of rotatable bonds is 10. The van der Waals surface area contributed by atoms with Crippen LogP contribution in [0.4, 0.5) is 0 Å². The van der Waals surface area contributed by atoms with Crippen LogP contribution >= 0.6 is 0 Å². The molecule has 3 aromatic rings. The Labute approximate surface area is 216 Å². The normalized spacial score (nSPS) is 14.4. The Bertz CT molecular complexity index is 1210. The largest absolute Gasteiger partial charge is 0.493 e. The molecule has 37 heavy (non-hydrogen) atoms. The number of hydrogen-bond acceptors (Lipinski definition) is 7. The van der Waals surface area contributed by atoms with Crippen molar-refractivity contribution in [2.75, 3.05) is 40.6 Å². The smallest absolute Gasteiger partial charge is 0.338 e. The predicted octanol–water partition coefficient (Wildman–Crippen LogP) is 4.46. The van der Waals surface area contributed by atoms with Crippen molar-refractivity contribution in [3.8, 4) is 23.0 Å². The van der Waals surface area contributed by atoms with Crippen LogP contribution in [0.1, 0.15) is 34.5 Å². The first kappa shape index (κ1) is 25.9. The molecule has 1 aliphatic heterocycles. The Hall–Kier alpha value is -4.20. The molecule has 0 aliphatic carbocycles. The molecule has 0 saturated heterocycles. The average molecular weight is 506 g/mol. The van der Waals surface area contributed by atoms with E-state index in [9.17, 15) is 9.59 Å². The number of para-hydroxylation sites is 1. The van der Waals surface area contributed by atoms with Gasteiger partial charge in [0.1, 0.15) is 18.1 Å². The van der Waals surface area contributed by atoms with Crippen LogP contribution in [0, 0.1) is 0 Å². The lowest BCUT2D eigenvalue weighted by Gasteiger charge is -2.37. The number of benzene rings is 3. The highest BCUT2D eigenvalue weighted by Crippen LogP contribution is 2.38. The van der Waals surface area contributed by atoms with Crippen LogP contribution in [0.15, 0.2) is 66.7 Å². The van der Waals surface area contributed by atoms with Crippen LogP contribution in [0.5, 0.6) is 23.0 Å². The number of esters is 1. The summed E-state index contributed by atoms with van der Waals surface area (Å²) in [5.41, 5.74) is 2.45. The number of amides is 1. The van der Waals surface area contributed by atoms with Gasteiger partial charge in [0, 0.05) is 6.54 Å². The van der Waals surface area contributed by atoms with Crippen molar-refractivity contribution in [1.29, 1.82) is 0 Å². The fourth-order valence-electron chi connectivity index (χ4n) is 4.33. The number of hydrogen-bond donors (Lipinski definition) is 0. The molecule has 0 radical (unpaired) electrons. The summed E-state index contributed by atoms with van der Waals surface area (Å²) in [6.45, 7) is 2.70. The summed E-state index contributed by atoms with van der Waals surface area (Å²) in [6, 6.07) is 19.5. The van der Waals surface area contributed by atoms with Gasteiger partial charge < -0.3 is 28.6 Å². The van der Waals surface area contributed by atoms with E-state index in [1.165, 1.54) is 0 Å². The van der Waals surface area contributed by atoms with Crippen LogP contribution in [0.2, 0.25) is 0 Å². The van der Waals surface area contributed by atoms with Gasteiger partial charge in [-0.3, -0.25) is 4.79 Å². The second-order valence-corrected chi connectivity index (χ2v) is 8.42. The van der Waals surface area contributed by atoms with E-state index in [-0.39, 0.29) is 31.1 Å². The van der Waals surface area contributed by atoms with E-state index < -0.39 is 0 Å². The highest BCUT2D eigenvalue weighted by Gasteiger charge is 2.33. The highest BCUT2D eigenvalue weighted by molar-refractivity contribution is 5.89. The first-order chi connectivity index (χ1) is 18.0. The van der Waals surface area contributed by atoms with E-state index in [0.29, 0.717) is 48.1 Å². The zero-order valence-electron chi connectivity index (χ0n) is 21.3. The summed E-state index contributed by atoms with van der Waals surface area (Å²) in [7, 11) is 3.19. The van der Waals surface area contributed by atoms with Gasteiger partial charge in [-0.05, 0) is 73.0 Å². The monoisotopic (exact) mass is 505 g/mol. The van der Waals surface area contributed by atoms with E-state index in [4.69, 9.17) is 23.7 Å². The minimum absolute atomic E-state index is 0.0859. The molecule has 8 heteroatoms. The lowest BCUT2D eigenvalue weighted by atomic mass is 9.92. The summed E-state index contributed by atoms with van der Waals surface area (Å²) in [6.07, 6.45) is 0.664. The molecule has 194 valence electrons. The van der Waals surface area contributed by atoms with Gasteiger partial charge in [-0.1, -0.05) is 18.2 Å². The third-order valence-electron chi connectivity index (χ3n) is 6.20. The van der Waals surface area contributed by atoms with Crippen molar-refractivity contribution in [3.63, 3.8) is 0 Å². The number of ether oxygens (including phenoxy) is 5. The van der Waals surface area contributed by atoms with Crippen LogP contribution < -0.4 is 18.9 Å². The minimum atomic E-state index is -0.383. The van der Waals surface area contributed by atoms with Crippen molar-refractivity contribution < 1.29 is 33.3 Å². The Kier molecular flexibility index (Phi) is 8.51. The standard InChI is InChI=1S/C29H31NO7/c1-4-35-29(32)20-10-12-23(13-11-20)36-18-25-24-17-27(34-3)26(33-2)16-21(24)14-15-30(25)28(31)19-37-22-8-6-5-7-9-22/h5-13,16-17,25H,4,14-15,18-19H2,1-3H3/t25-/m1/s1. The number of carbonyl (C=O) groups is 2. The van der Waals surface area contributed by atoms with Gasteiger partial charge in [0.15, 0.2) is 18.1 Å². The molecule has 1 aliphatic rings. The third-order valence-corrected chi connectivity index (χ3v) is 6.20. The topological polar surface area (TPSA) is 83.5 Å². The van der Waals surface area contributed by atoms with Crippen molar-refractivity contribution in [2.45, 2.75) is 19.4 Å². The maximum absolute atomic E-state index is 13.3. The molecule has 0 spiro atoms. The molecule has 4 rings (SSSR count). The Morgan fingerprint density at radius 1 is 0.892 bits per heavy atom. The maximum atomic E-state index is 13.3. The van der Waals surface area contributed by atoms with E-state index >= 15 is 0 Å². The Balaban J connectivity index is 1.56. The molecular weight excluding hydrogens is 474 g/mol. The molecular formula is C29H31NO7. The molecule has 1 atom stereocenters. The molecule has 0 N–H and O–H groups in total. The van der Waals surface area contributed by atoms with Gasteiger partial charge in [-0.25, -0.2) is 4.79 Å². The number of carbonyl (C=O) groups excluding carboxylic acids is 2. The van der Waals surface area contributed by atoms with E-state index in [2.05, 4.69) is 0 Å². The van der Waals surface area contributed by atoms with Gasteiger partial charge >= 0.3 is 5.97 Å². The lowest BCUT2D eigenvalue weighted by molar-refractivity contribution is -0.137. The third kappa shape index (κ3) is 6.14. The fraction of sp³-hybridized carbons (Fsp3) is 0.310. The van der Waals surface area contributed by atoms with Gasteiger partial charge in [0.25, 0.3) is 5.91 Å². The Morgan fingerprint density at radius 3 is 2.24 bits per heavy atom. The van der Waals surface area contributed by atoms with Crippen LogP contribution in [-0.2, 0) is 16.0 Å². The van der Waals surface area contributed by atoms with Gasteiger partial charge in [-0.2, -0.15) is 0 Å². The second-order valence-electron chi connectivity index (χ2n) is 8.42. The summed E-state index contributed by atoms with van der Waals surface area (Å²) >= 11 is 0. The van der Waals surface area contributed by atoms with E-state index in [0.717, 1.165) is 11.1 Å². The van der Waals surface area contributed by atoms with Gasteiger partial charge in [0.2, 0.25) is 0 Å². The highest BCUT2D eigenvalue weighted by atomic mass is 16.5. The minimum Gasteiger partial charge on any atom is -0.493 e. The van der Waals surface area contributed by atoms with Gasteiger partial charge in [0.05, 0.1) is 32.4 Å². The molecule has 0 unspecified atom stereocenters. The quantitative estimate of drug-likeness (QED) is 0.376. The molecule has 1 heterocycles. The van der Waals surface area contributed by atoms with Crippen molar-refractivity contribution in [1.82, 2.24) is 4.90 Å². The van der Waals surface area contributed by atoms with Crippen molar-refractivity contribution in [3.05, 3.63) is 83.4 Å². The zero-order valence-corrected chi connectivity index (χ0v) is 21.3. The number of nitrogens with zero attached hydrogens (tertiary/aromatic N) is 1. The first-order valence-corrected chi connectivity index (χ1v) is 12.2. The zero-order chi connectivity index (χ0) is 26.2. The van der Waals surface area contributed by atoms with Crippen LogP contribution in [0.25, 0.3) is 0 Å². The maximum Gasteiger partial charge on any atom is 0.338 e. The molecule has 0 aromatic heterocycles. The van der Waals surface area contributed by atoms with Crippen LogP contribution in [0.3, 0.4) is 0 Å². The Morgan fingerprint density at radius 2 is 1.57 bits per heavy atom. The molecule has 8 nitrogen and oxygen atoms in total. The summed E-state index contributed by atoms with van der Waals surface area (Å²) in [4.78, 5) is 27.0. The molecule has 0 bridgehead atoms. The molecule has 1 amide bonds. The van der Waals surface area contributed by atoms with E-state index in [1.807, 2.05) is 42.5 Å². The SMILES string of the molecule is CCOC(=O)c1ccc(OC[C@@H]2c3cc(OC)c(OC)cc3CCN2C(=O)COc2ccccc2)cc1. The van der Waals surface area contributed by atoms with Gasteiger partial charge in [-0.15, -0.1) is 0 Å². The van der Waals surface area contributed by atoms with Crippen molar-refractivity contribution >= 4 is 11.9 Å². The number of fused-ring (bicyclic) bond motifs is 1. The summed E-state index contributed by atoms with van der Waals surface area (Å²) < 4.78 is 27.9. The average Bonchev–Trinajstić information content (AvgIpc) is 2.94. The number of methoxy groups -OCH3 is 2. The molecule has 3 aromatic carbocycles. The molecule has 0 saturated carbocycles. The summed E-state index contributed by atoms with van der Waals surface area (Å²) in [5, 5.41) is 0. The van der Waals surface area contributed by atoms with E-state index in [1.54, 1.807) is 50.3 Å². The molecule has 0 fully saturated rings. The lowest BCUT2D eigenvalue weighted by Crippen LogP contribution is -2.44. The van der Waals surface area contributed by atoms with Crippen molar-refractivity contribution in [2.24, 2.45) is 0 Å². The predicted molar refractivity (Wildman–Crippen MR) is 138 cm³/mol.